The molecule has 0 amide bonds. The Hall–Kier alpha value is -0.0800. The average molecular weight is 159 g/mol. The molecule has 0 saturated heterocycles. The summed E-state index contributed by atoms with van der Waals surface area (Å²) >= 11 is 0. The van der Waals surface area contributed by atoms with Crippen molar-refractivity contribution in [3.05, 3.63) is 0 Å². The summed E-state index contributed by atoms with van der Waals surface area (Å²) in [5.41, 5.74) is 0. The van der Waals surface area contributed by atoms with Gasteiger partial charge in [0.05, 0.1) is 6.10 Å². The lowest BCUT2D eigenvalue weighted by Gasteiger charge is -2.27. The highest BCUT2D eigenvalue weighted by Crippen LogP contribution is 2.09. The lowest BCUT2D eigenvalue weighted by Crippen LogP contribution is -2.37. The van der Waals surface area contributed by atoms with Crippen LogP contribution in [0.15, 0.2) is 0 Å². The second-order valence-corrected chi connectivity index (χ2v) is 3.27. The molecule has 2 nitrogen and oxygen atoms in total. The lowest BCUT2D eigenvalue weighted by molar-refractivity contribution is 0.0334. The third kappa shape index (κ3) is 3.73. The molecule has 0 aliphatic heterocycles. The number of rotatable bonds is 5. The van der Waals surface area contributed by atoms with E-state index in [9.17, 15) is 0 Å². The first kappa shape index (κ1) is 10.9. The highest BCUT2D eigenvalue weighted by molar-refractivity contribution is 4.71. The smallest absolute Gasteiger partial charge is 0.0723 e. The molecule has 11 heavy (non-hydrogen) atoms. The molecule has 0 aromatic rings. The Kier molecular flexibility index (Phi) is 5.51. The van der Waals surface area contributed by atoms with Crippen molar-refractivity contribution in [1.82, 2.24) is 4.90 Å². The molecule has 0 aliphatic carbocycles. The summed E-state index contributed by atoms with van der Waals surface area (Å²) in [5, 5.41) is 0. The van der Waals surface area contributed by atoms with Crippen LogP contribution in [0.25, 0.3) is 0 Å². The predicted molar refractivity (Wildman–Crippen MR) is 48.9 cm³/mol. The summed E-state index contributed by atoms with van der Waals surface area (Å²) in [6.07, 6.45) is 2.72. The summed E-state index contributed by atoms with van der Waals surface area (Å²) in [7, 11) is 5.97. The van der Waals surface area contributed by atoms with Gasteiger partial charge >= 0.3 is 0 Å². The van der Waals surface area contributed by atoms with E-state index in [4.69, 9.17) is 4.74 Å². The van der Waals surface area contributed by atoms with Crippen LogP contribution in [0.5, 0.6) is 0 Å². The first-order valence-corrected chi connectivity index (χ1v) is 4.32. The van der Waals surface area contributed by atoms with Crippen molar-refractivity contribution in [3.63, 3.8) is 0 Å². The molecule has 0 bridgehead atoms. The highest BCUT2D eigenvalue weighted by atomic mass is 16.5. The van der Waals surface area contributed by atoms with Crippen molar-refractivity contribution in [2.24, 2.45) is 0 Å². The van der Waals surface area contributed by atoms with Crippen LogP contribution in [0.3, 0.4) is 0 Å². The number of hydrogen-bond acceptors (Lipinski definition) is 2. The topological polar surface area (TPSA) is 12.5 Å². The van der Waals surface area contributed by atoms with E-state index in [1.807, 2.05) is 0 Å². The maximum Gasteiger partial charge on any atom is 0.0723 e. The van der Waals surface area contributed by atoms with Crippen LogP contribution in [0.4, 0.5) is 0 Å². The van der Waals surface area contributed by atoms with Gasteiger partial charge in [-0.2, -0.15) is 0 Å². The Morgan fingerprint density at radius 3 is 2.18 bits per heavy atom. The molecule has 0 fully saturated rings. The van der Waals surface area contributed by atoms with Crippen LogP contribution < -0.4 is 0 Å². The van der Waals surface area contributed by atoms with E-state index in [1.165, 1.54) is 6.42 Å². The average Bonchev–Trinajstić information content (AvgIpc) is 1.98. The largest absolute Gasteiger partial charge is 0.380 e. The molecule has 0 N–H and O–H groups in total. The molecule has 0 heterocycles. The molecule has 2 unspecified atom stereocenters. The van der Waals surface area contributed by atoms with Crippen LogP contribution in [0, 0.1) is 0 Å². The van der Waals surface area contributed by atoms with Crippen molar-refractivity contribution in [1.29, 1.82) is 0 Å². The van der Waals surface area contributed by atoms with E-state index in [0.29, 0.717) is 12.1 Å². The summed E-state index contributed by atoms with van der Waals surface area (Å²) in [6.45, 7) is 4.39. The van der Waals surface area contributed by atoms with Crippen LogP contribution in [0.2, 0.25) is 0 Å². The third-order valence-electron chi connectivity index (χ3n) is 2.23. The zero-order chi connectivity index (χ0) is 8.85. The minimum atomic E-state index is 0.384. The van der Waals surface area contributed by atoms with Crippen LogP contribution in [0.1, 0.15) is 26.7 Å². The van der Waals surface area contributed by atoms with Crippen LogP contribution >= 0.6 is 0 Å². The van der Waals surface area contributed by atoms with Gasteiger partial charge in [-0.3, -0.25) is 0 Å². The summed E-state index contributed by atoms with van der Waals surface area (Å²) in [5.74, 6) is 0. The Labute approximate surface area is 70.5 Å². The maximum atomic E-state index is 5.37. The standard InChI is InChI=1S/C9H21NO/c1-6-7-9(11-5)8(2)10(3)4/h8-9H,6-7H2,1-5H3. The molecule has 2 atom stereocenters. The van der Waals surface area contributed by atoms with Crippen LogP contribution in [-0.2, 0) is 4.74 Å². The van der Waals surface area contributed by atoms with Gasteiger partial charge in [0.2, 0.25) is 0 Å². The Bertz CT molecular complexity index is 93.6. The Morgan fingerprint density at radius 2 is 1.91 bits per heavy atom. The molecule has 0 spiro atoms. The molecule has 0 rings (SSSR count). The molecular formula is C9H21NO. The lowest BCUT2D eigenvalue weighted by atomic mass is 10.1. The first-order chi connectivity index (χ1) is 5.13. The molecule has 0 saturated carbocycles. The molecule has 2 heteroatoms. The van der Waals surface area contributed by atoms with Gasteiger partial charge < -0.3 is 9.64 Å². The van der Waals surface area contributed by atoms with Gasteiger partial charge in [0.15, 0.2) is 0 Å². The second-order valence-electron chi connectivity index (χ2n) is 3.27. The number of likely N-dealkylation sites (N-methyl/N-ethyl adjacent to an activating group) is 1. The van der Waals surface area contributed by atoms with E-state index in [0.717, 1.165) is 6.42 Å². The molecule has 0 aromatic heterocycles. The van der Waals surface area contributed by atoms with E-state index in [1.54, 1.807) is 7.11 Å². The van der Waals surface area contributed by atoms with E-state index < -0.39 is 0 Å². The van der Waals surface area contributed by atoms with Gasteiger partial charge in [-0.1, -0.05) is 13.3 Å². The SMILES string of the molecule is CCCC(OC)C(C)N(C)C. The quantitative estimate of drug-likeness (QED) is 0.606. The van der Waals surface area contributed by atoms with Gasteiger partial charge in [0.25, 0.3) is 0 Å². The fourth-order valence-corrected chi connectivity index (χ4v) is 1.17. The second kappa shape index (κ2) is 5.56. The zero-order valence-corrected chi connectivity index (χ0v) is 8.42. The van der Waals surface area contributed by atoms with Crippen LogP contribution in [-0.4, -0.2) is 38.3 Å². The summed E-state index contributed by atoms with van der Waals surface area (Å²) in [4.78, 5) is 2.20. The van der Waals surface area contributed by atoms with Gasteiger partial charge in [0.1, 0.15) is 0 Å². The molecular weight excluding hydrogens is 138 g/mol. The zero-order valence-electron chi connectivity index (χ0n) is 8.42. The van der Waals surface area contributed by atoms with Crippen molar-refractivity contribution < 1.29 is 4.74 Å². The van der Waals surface area contributed by atoms with Crippen molar-refractivity contribution in [2.45, 2.75) is 38.8 Å². The fraction of sp³-hybridized carbons (Fsp3) is 1.00. The molecule has 0 aliphatic rings. The summed E-state index contributed by atoms with van der Waals surface area (Å²) < 4.78 is 5.37. The predicted octanol–water partition coefficient (Wildman–Crippen LogP) is 1.75. The van der Waals surface area contributed by atoms with E-state index in [-0.39, 0.29) is 0 Å². The number of methoxy groups -OCH3 is 1. The maximum absolute atomic E-state index is 5.37. The van der Waals surface area contributed by atoms with E-state index >= 15 is 0 Å². The fourth-order valence-electron chi connectivity index (χ4n) is 1.17. The van der Waals surface area contributed by atoms with Gasteiger partial charge in [0, 0.05) is 13.2 Å². The summed E-state index contributed by atoms with van der Waals surface area (Å²) in [6, 6.07) is 0.514. The number of nitrogens with zero attached hydrogens (tertiary/aromatic N) is 1. The van der Waals surface area contributed by atoms with Gasteiger partial charge in [-0.15, -0.1) is 0 Å². The molecule has 0 radical (unpaired) electrons. The number of hydrogen-bond donors (Lipinski definition) is 0. The Balaban J connectivity index is 3.81. The monoisotopic (exact) mass is 159 g/mol. The minimum Gasteiger partial charge on any atom is -0.380 e. The first-order valence-electron chi connectivity index (χ1n) is 4.32. The highest BCUT2D eigenvalue weighted by Gasteiger charge is 2.16. The third-order valence-corrected chi connectivity index (χ3v) is 2.23. The number of ether oxygens (including phenoxy) is 1. The van der Waals surface area contributed by atoms with Crippen molar-refractivity contribution in [3.8, 4) is 0 Å². The van der Waals surface area contributed by atoms with Gasteiger partial charge in [-0.05, 0) is 27.4 Å². The Morgan fingerprint density at radius 1 is 1.36 bits per heavy atom. The van der Waals surface area contributed by atoms with Gasteiger partial charge in [-0.25, -0.2) is 0 Å². The minimum absolute atomic E-state index is 0.384. The van der Waals surface area contributed by atoms with Crippen molar-refractivity contribution in [2.75, 3.05) is 21.2 Å². The normalized spacial score (nSPS) is 16.9. The molecule has 68 valence electrons. The van der Waals surface area contributed by atoms with Crippen molar-refractivity contribution >= 4 is 0 Å². The van der Waals surface area contributed by atoms with E-state index in [2.05, 4.69) is 32.8 Å². The molecule has 0 aromatic carbocycles.